The third kappa shape index (κ3) is 4.64. The minimum absolute atomic E-state index is 0.0322. The van der Waals surface area contributed by atoms with Crippen molar-refractivity contribution in [2.75, 3.05) is 7.11 Å². The number of aromatic hydroxyl groups is 1. The molecular formula is C17H14Cl3NO2. The molecule has 1 N–H and O–H groups in total. The molecule has 2 aromatic carbocycles. The first-order chi connectivity index (χ1) is 11.0. The van der Waals surface area contributed by atoms with Crippen LogP contribution in [0.5, 0.6) is 11.5 Å². The first-order valence-electron chi connectivity index (χ1n) is 6.68. The molecule has 0 radical (unpaired) electrons. The Morgan fingerprint density at radius 3 is 2.39 bits per heavy atom. The van der Waals surface area contributed by atoms with Gasteiger partial charge in [0.25, 0.3) is 0 Å². The molecule has 2 rings (SSSR count). The Morgan fingerprint density at radius 2 is 1.83 bits per heavy atom. The fourth-order valence-electron chi connectivity index (χ4n) is 1.98. The summed E-state index contributed by atoms with van der Waals surface area (Å²) in [5.41, 5.74) is 1.55. The van der Waals surface area contributed by atoms with E-state index in [0.717, 1.165) is 5.56 Å². The summed E-state index contributed by atoms with van der Waals surface area (Å²) >= 11 is 17.8. The van der Waals surface area contributed by atoms with E-state index in [2.05, 4.69) is 4.99 Å². The molecule has 1 unspecified atom stereocenters. The van der Waals surface area contributed by atoms with Crippen LogP contribution in [0.1, 0.15) is 17.2 Å². The second-order valence-electron chi connectivity index (χ2n) is 4.63. The Morgan fingerprint density at radius 1 is 1.13 bits per heavy atom. The molecule has 2 aromatic rings. The molecule has 3 nitrogen and oxygen atoms in total. The Hall–Kier alpha value is -1.68. The summed E-state index contributed by atoms with van der Waals surface area (Å²) in [4.78, 5) is 4.45. The molecule has 0 aliphatic heterocycles. The van der Waals surface area contributed by atoms with E-state index in [0.29, 0.717) is 11.3 Å². The molecule has 1 atom stereocenters. The lowest BCUT2D eigenvalue weighted by Crippen LogP contribution is -1.97. The van der Waals surface area contributed by atoms with Gasteiger partial charge >= 0.3 is 0 Å². The number of phenolic OH excluding ortho intramolecular Hbond substituents is 1. The van der Waals surface area contributed by atoms with Crippen molar-refractivity contribution in [2.24, 2.45) is 4.99 Å². The lowest BCUT2D eigenvalue weighted by molar-refractivity contribution is 0.373. The second-order valence-corrected chi connectivity index (χ2v) is 5.99. The van der Waals surface area contributed by atoms with E-state index in [1.54, 1.807) is 24.4 Å². The van der Waals surface area contributed by atoms with Crippen molar-refractivity contribution < 1.29 is 9.84 Å². The molecule has 0 fully saturated rings. The number of rotatable bonds is 5. The summed E-state index contributed by atoms with van der Waals surface area (Å²) in [6, 6.07) is 13.9. The van der Waals surface area contributed by atoms with E-state index < -0.39 is 6.04 Å². The summed E-state index contributed by atoms with van der Waals surface area (Å²) in [5, 5.41) is 10.0. The maximum absolute atomic E-state index is 9.81. The van der Waals surface area contributed by atoms with Gasteiger partial charge in [-0.25, -0.2) is 0 Å². The zero-order valence-electron chi connectivity index (χ0n) is 12.2. The van der Waals surface area contributed by atoms with E-state index in [1.807, 2.05) is 30.3 Å². The molecule has 0 saturated carbocycles. The van der Waals surface area contributed by atoms with Crippen molar-refractivity contribution in [2.45, 2.75) is 6.04 Å². The number of aliphatic imine (C=N–C) groups is 1. The average Bonchev–Trinajstić information content (AvgIpc) is 2.56. The normalized spacial score (nSPS) is 12.2. The number of ether oxygens (including phenoxy) is 1. The molecule has 23 heavy (non-hydrogen) atoms. The zero-order chi connectivity index (χ0) is 16.8. The summed E-state index contributed by atoms with van der Waals surface area (Å²) < 4.78 is 4.97. The van der Waals surface area contributed by atoms with Gasteiger partial charge in [-0.2, -0.15) is 0 Å². The van der Waals surface area contributed by atoms with Crippen LogP contribution < -0.4 is 4.74 Å². The van der Waals surface area contributed by atoms with Crippen molar-refractivity contribution in [3.8, 4) is 11.5 Å². The van der Waals surface area contributed by atoms with Crippen LogP contribution in [0, 0.1) is 0 Å². The van der Waals surface area contributed by atoms with Crippen molar-refractivity contribution >= 4 is 41.0 Å². The topological polar surface area (TPSA) is 41.8 Å². The fraction of sp³-hybridized carbons (Fsp3) is 0.118. The van der Waals surface area contributed by atoms with Gasteiger partial charge in [0.15, 0.2) is 11.5 Å². The van der Waals surface area contributed by atoms with E-state index in [1.165, 1.54) is 7.11 Å². The molecular weight excluding hydrogens is 357 g/mol. The fourth-order valence-corrected chi connectivity index (χ4v) is 2.37. The van der Waals surface area contributed by atoms with Crippen LogP contribution in [0.2, 0.25) is 0 Å². The highest BCUT2D eigenvalue weighted by atomic mass is 35.5. The van der Waals surface area contributed by atoms with Crippen LogP contribution in [0.25, 0.3) is 0 Å². The number of nitrogens with zero attached hydrogens (tertiary/aromatic N) is 1. The van der Waals surface area contributed by atoms with Crippen LogP contribution in [0.15, 0.2) is 63.0 Å². The third-order valence-electron chi connectivity index (χ3n) is 3.11. The Kier molecular flexibility index (Phi) is 6.34. The predicted molar refractivity (Wildman–Crippen MR) is 96.0 cm³/mol. The minimum atomic E-state index is -0.521. The minimum Gasteiger partial charge on any atom is -0.504 e. The van der Waals surface area contributed by atoms with E-state index in [9.17, 15) is 5.11 Å². The van der Waals surface area contributed by atoms with E-state index >= 15 is 0 Å². The van der Waals surface area contributed by atoms with Crippen LogP contribution in [0.4, 0.5) is 0 Å². The van der Waals surface area contributed by atoms with Gasteiger partial charge in [-0.3, -0.25) is 4.99 Å². The molecule has 0 aliphatic carbocycles. The van der Waals surface area contributed by atoms with Gasteiger partial charge in [-0.05, 0) is 29.3 Å². The number of benzene rings is 2. The van der Waals surface area contributed by atoms with Gasteiger partial charge in [0, 0.05) is 6.21 Å². The number of hydrogen-bond acceptors (Lipinski definition) is 3. The van der Waals surface area contributed by atoms with Gasteiger partial charge < -0.3 is 9.84 Å². The van der Waals surface area contributed by atoms with Crippen molar-refractivity contribution in [3.05, 3.63) is 69.2 Å². The van der Waals surface area contributed by atoms with Gasteiger partial charge in [0.1, 0.15) is 10.5 Å². The molecule has 0 bridgehead atoms. The maximum Gasteiger partial charge on any atom is 0.160 e. The lowest BCUT2D eigenvalue weighted by Gasteiger charge is -2.12. The molecule has 0 spiro atoms. The van der Waals surface area contributed by atoms with Crippen LogP contribution >= 0.6 is 34.8 Å². The Bertz CT molecular complexity index is 726. The smallest absolute Gasteiger partial charge is 0.160 e. The molecule has 6 heteroatoms. The quantitative estimate of drug-likeness (QED) is 0.711. The molecule has 0 heterocycles. The summed E-state index contributed by atoms with van der Waals surface area (Å²) in [7, 11) is 1.49. The summed E-state index contributed by atoms with van der Waals surface area (Å²) in [5.74, 6) is 0.424. The van der Waals surface area contributed by atoms with E-state index in [4.69, 9.17) is 39.5 Å². The number of phenols is 1. The highest BCUT2D eigenvalue weighted by molar-refractivity contribution is 6.59. The molecule has 0 amide bonds. The Balaban J connectivity index is 2.35. The molecule has 0 saturated heterocycles. The monoisotopic (exact) mass is 369 g/mol. The van der Waals surface area contributed by atoms with Crippen molar-refractivity contribution in [1.82, 2.24) is 0 Å². The molecule has 120 valence electrons. The largest absolute Gasteiger partial charge is 0.504 e. The number of halogens is 3. The number of methoxy groups -OCH3 is 1. The Labute approximate surface area is 149 Å². The predicted octanol–water partition coefficient (Wildman–Crippen LogP) is 5.45. The summed E-state index contributed by atoms with van der Waals surface area (Å²) in [6.45, 7) is 0. The SMILES string of the molecule is COc1ccc(C=NC(C(Cl)=C(Cl)Cl)c2ccccc2)cc1O. The van der Waals surface area contributed by atoms with E-state index in [-0.39, 0.29) is 15.3 Å². The zero-order valence-corrected chi connectivity index (χ0v) is 14.5. The van der Waals surface area contributed by atoms with Crippen LogP contribution in [-0.4, -0.2) is 18.4 Å². The van der Waals surface area contributed by atoms with Gasteiger partial charge in [-0.15, -0.1) is 0 Å². The van der Waals surface area contributed by atoms with Gasteiger partial charge in [-0.1, -0.05) is 65.1 Å². The first kappa shape index (κ1) is 17.7. The third-order valence-corrected chi connectivity index (χ3v) is 4.11. The second kappa shape index (κ2) is 8.25. The van der Waals surface area contributed by atoms with Crippen LogP contribution in [0.3, 0.4) is 0 Å². The first-order valence-corrected chi connectivity index (χ1v) is 7.82. The highest BCUT2D eigenvalue weighted by Crippen LogP contribution is 2.34. The highest BCUT2D eigenvalue weighted by Gasteiger charge is 2.16. The van der Waals surface area contributed by atoms with Gasteiger partial charge in [0.2, 0.25) is 0 Å². The maximum atomic E-state index is 9.81. The standard InChI is InChI=1S/C17H14Cl3NO2/c1-23-14-8-7-11(9-13(14)22)10-21-16(15(18)17(19)20)12-5-3-2-4-6-12/h2-10,16,22H,1H3. The van der Waals surface area contributed by atoms with Crippen molar-refractivity contribution in [1.29, 1.82) is 0 Å². The average molecular weight is 371 g/mol. The number of hydrogen-bond donors (Lipinski definition) is 1. The van der Waals surface area contributed by atoms with Crippen LogP contribution in [-0.2, 0) is 0 Å². The molecule has 0 aliphatic rings. The van der Waals surface area contributed by atoms with Crippen molar-refractivity contribution in [3.63, 3.8) is 0 Å². The van der Waals surface area contributed by atoms with Gasteiger partial charge in [0.05, 0.1) is 12.1 Å². The molecule has 0 aromatic heterocycles. The summed E-state index contributed by atoms with van der Waals surface area (Å²) in [6.07, 6.45) is 1.59. The lowest BCUT2D eigenvalue weighted by atomic mass is 10.1.